The Labute approximate surface area is 289 Å². The SMILES string of the molecule is CN(C)CCCNC(=O)C[C@H]1C[C@H](C(=O)N2CCCCC2)[C@@]2(CCc3ccccc3)c3[nH]c4cc(-c5ccco5)ccc4c3CCN2C1=O. The second-order valence-electron chi connectivity index (χ2n) is 14.4. The summed E-state index contributed by atoms with van der Waals surface area (Å²) in [4.78, 5) is 52.9. The van der Waals surface area contributed by atoms with Crippen molar-refractivity contribution in [2.45, 2.75) is 63.3 Å². The van der Waals surface area contributed by atoms with Crippen molar-refractivity contribution < 1.29 is 18.8 Å². The van der Waals surface area contributed by atoms with E-state index in [1.165, 1.54) is 11.1 Å². The Kier molecular flexibility index (Phi) is 9.63. The van der Waals surface area contributed by atoms with E-state index in [1.807, 2.05) is 54.2 Å². The van der Waals surface area contributed by atoms with Crippen molar-refractivity contribution in [3.05, 3.63) is 83.7 Å². The van der Waals surface area contributed by atoms with Gasteiger partial charge in [-0.3, -0.25) is 14.4 Å². The van der Waals surface area contributed by atoms with Gasteiger partial charge in [0, 0.05) is 60.7 Å². The minimum atomic E-state index is -0.864. The van der Waals surface area contributed by atoms with Crippen molar-refractivity contribution in [3.63, 3.8) is 0 Å². The van der Waals surface area contributed by atoms with Gasteiger partial charge in [-0.05, 0) is 101 Å². The number of nitrogens with zero attached hydrogens (tertiary/aromatic N) is 3. The highest BCUT2D eigenvalue weighted by molar-refractivity contribution is 5.94. The largest absolute Gasteiger partial charge is 0.464 e. The van der Waals surface area contributed by atoms with Crippen molar-refractivity contribution >= 4 is 28.6 Å². The van der Waals surface area contributed by atoms with Crippen LogP contribution in [0.5, 0.6) is 0 Å². The number of benzene rings is 2. The molecule has 2 aromatic heterocycles. The molecule has 0 aliphatic carbocycles. The summed E-state index contributed by atoms with van der Waals surface area (Å²) < 4.78 is 5.73. The zero-order valence-corrected chi connectivity index (χ0v) is 28.9. The van der Waals surface area contributed by atoms with Crippen LogP contribution in [0.3, 0.4) is 0 Å². The zero-order chi connectivity index (χ0) is 34.0. The minimum absolute atomic E-state index is 0.0141. The van der Waals surface area contributed by atoms with Gasteiger partial charge in [0.05, 0.1) is 17.7 Å². The maximum atomic E-state index is 14.9. The van der Waals surface area contributed by atoms with Gasteiger partial charge in [0.1, 0.15) is 5.76 Å². The molecular formula is C40H49N5O4. The van der Waals surface area contributed by atoms with Crippen LogP contribution in [-0.2, 0) is 32.8 Å². The lowest BCUT2D eigenvalue weighted by Crippen LogP contribution is -2.66. The van der Waals surface area contributed by atoms with Crippen molar-refractivity contribution in [1.29, 1.82) is 0 Å². The number of carbonyl (C=O) groups is 3. The van der Waals surface area contributed by atoms with E-state index < -0.39 is 17.4 Å². The third-order valence-electron chi connectivity index (χ3n) is 11.1. The summed E-state index contributed by atoms with van der Waals surface area (Å²) in [5.41, 5.74) is 4.44. The number of piperidine rings is 2. The van der Waals surface area contributed by atoms with Crippen LogP contribution < -0.4 is 5.32 Å². The Balaban J connectivity index is 1.30. The molecule has 7 rings (SSSR count). The average Bonchev–Trinajstić information content (AvgIpc) is 3.80. The van der Waals surface area contributed by atoms with Gasteiger partial charge in [-0.2, -0.15) is 0 Å². The number of H-pyrrole nitrogens is 1. The first kappa shape index (κ1) is 33.1. The van der Waals surface area contributed by atoms with Crippen LogP contribution in [0.2, 0.25) is 0 Å². The van der Waals surface area contributed by atoms with Crippen LogP contribution >= 0.6 is 0 Å². The molecule has 3 amide bonds. The molecule has 2 saturated heterocycles. The topological polar surface area (TPSA) is 102 Å². The van der Waals surface area contributed by atoms with Crippen LogP contribution in [0.25, 0.3) is 22.2 Å². The van der Waals surface area contributed by atoms with Gasteiger partial charge in [0.25, 0.3) is 0 Å². The molecule has 49 heavy (non-hydrogen) atoms. The molecule has 3 atom stereocenters. The highest BCUT2D eigenvalue weighted by Gasteiger charge is 2.59. The van der Waals surface area contributed by atoms with E-state index in [0.29, 0.717) is 32.4 Å². The normalized spacial score (nSPS) is 22.3. The van der Waals surface area contributed by atoms with E-state index in [2.05, 4.69) is 45.5 Å². The molecule has 2 aromatic carbocycles. The molecule has 258 valence electrons. The Morgan fingerprint density at radius 3 is 2.59 bits per heavy atom. The molecule has 9 nitrogen and oxygen atoms in total. The van der Waals surface area contributed by atoms with Crippen LogP contribution in [0, 0.1) is 11.8 Å². The number of furan rings is 1. The van der Waals surface area contributed by atoms with Crippen LogP contribution in [-0.4, -0.2) is 84.2 Å². The van der Waals surface area contributed by atoms with E-state index >= 15 is 0 Å². The summed E-state index contributed by atoms with van der Waals surface area (Å²) in [7, 11) is 4.03. The average molecular weight is 664 g/mol. The first-order valence-corrected chi connectivity index (χ1v) is 18.1. The van der Waals surface area contributed by atoms with Gasteiger partial charge in [-0.25, -0.2) is 0 Å². The highest BCUT2D eigenvalue weighted by atomic mass is 16.3. The van der Waals surface area contributed by atoms with Crippen LogP contribution in [0.1, 0.15) is 61.8 Å². The van der Waals surface area contributed by atoms with Gasteiger partial charge >= 0.3 is 0 Å². The number of aromatic nitrogens is 1. The molecule has 5 heterocycles. The first-order chi connectivity index (χ1) is 23.8. The van der Waals surface area contributed by atoms with Crippen molar-refractivity contribution in [1.82, 2.24) is 25.0 Å². The summed E-state index contributed by atoms with van der Waals surface area (Å²) in [6.45, 7) is 3.43. The number of aryl methyl sites for hydroxylation is 1. The fourth-order valence-electron chi connectivity index (χ4n) is 8.65. The Bertz CT molecular complexity index is 1770. The Morgan fingerprint density at radius 2 is 1.84 bits per heavy atom. The van der Waals surface area contributed by atoms with Gasteiger partial charge in [0.15, 0.2) is 0 Å². The molecule has 2 fully saturated rings. The monoisotopic (exact) mass is 663 g/mol. The maximum Gasteiger partial charge on any atom is 0.228 e. The molecule has 0 spiro atoms. The van der Waals surface area contributed by atoms with Crippen LogP contribution in [0.4, 0.5) is 0 Å². The smallest absolute Gasteiger partial charge is 0.228 e. The summed E-state index contributed by atoms with van der Waals surface area (Å²) in [6.07, 6.45) is 8.10. The van der Waals surface area contributed by atoms with Crippen LogP contribution in [0.15, 0.2) is 71.3 Å². The van der Waals surface area contributed by atoms with Crippen molar-refractivity contribution in [2.24, 2.45) is 11.8 Å². The number of fused-ring (bicyclic) bond motifs is 5. The second kappa shape index (κ2) is 14.2. The van der Waals surface area contributed by atoms with E-state index in [0.717, 1.165) is 79.7 Å². The van der Waals surface area contributed by atoms with Gasteiger partial charge in [-0.1, -0.05) is 42.5 Å². The summed E-state index contributed by atoms with van der Waals surface area (Å²) in [5, 5.41) is 4.17. The summed E-state index contributed by atoms with van der Waals surface area (Å²) in [6, 6.07) is 20.6. The van der Waals surface area contributed by atoms with Gasteiger partial charge < -0.3 is 29.4 Å². The van der Waals surface area contributed by atoms with Crippen molar-refractivity contribution in [3.8, 4) is 11.3 Å². The fraction of sp³-hybridized carbons (Fsp3) is 0.475. The predicted molar refractivity (Wildman–Crippen MR) is 191 cm³/mol. The maximum absolute atomic E-state index is 14.9. The Morgan fingerprint density at radius 1 is 1.02 bits per heavy atom. The molecular weight excluding hydrogens is 614 g/mol. The highest BCUT2D eigenvalue weighted by Crippen LogP contribution is 2.53. The van der Waals surface area contributed by atoms with E-state index in [9.17, 15) is 14.4 Å². The van der Waals surface area contributed by atoms with Gasteiger partial charge in [0.2, 0.25) is 17.7 Å². The number of rotatable bonds is 11. The molecule has 3 aliphatic rings. The number of carbonyl (C=O) groups excluding carboxylic acids is 3. The summed E-state index contributed by atoms with van der Waals surface area (Å²) in [5.74, 6) is -0.246. The third-order valence-corrected chi connectivity index (χ3v) is 11.1. The molecule has 4 aromatic rings. The molecule has 9 heteroatoms. The minimum Gasteiger partial charge on any atom is -0.464 e. The predicted octanol–water partition coefficient (Wildman–Crippen LogP) is 5.75. The molecule has 0 unspecified atom stereocenters. The van der Waals surface area contributed by atoms with E-state index in [4.69, 9.17) is 4.42 Å². The number of hydrogen-bond donors (Lipinski definition) is 2. The standard InChI is InChI=1S/C40H49N5O4/c1-43(2)20-10-19-41-36(46)27-30-25-33(39(48)44-21-7-4-8-22-44)40(18-16-28-11-5-3-6-12-28)37-32(17-23-45(40)38(30)47)31-15-14-29(26-34(31)42-37)35-13-9-24-49-35/h3,5-6,9,11-15,24,26,30,33,42H,4,7-8,10,16-23,25,27H2,1-2H3,(H,41,46)/t30-,33-,40+/m1/s1. The zero-order valence-electron chi connectivity index (χ0n) is 28.9. The number of likely N-dealkylation sites (tertiary alicyclic amines) is 1. The quantitative estimate of drug-likeness (QED) is 0.199. The lowest BCUT2D eigenvalue weighted by atomic mass is 9.64. The lowest BCUT2D eigenvalue weighted by Gasteiger charge is -2.56. The van der Waals surface area contributed by atoms with Gasteiger partial charge in [-0.15, -0.1) is 0 Å². The number of hydrogen-bond acceptors (Lipinski definition) is 5. The molecule has 0 radical (unpaired) electrons. The molecule has 0 saturated carbocycles. The number of aromatic amines is 1. The Hall–Kier alpha value is -4.37. The second-order valence-corrected chi connectivity index (χ2v) is 14.4. The fourth-order valence-corrected chi connectivity index (χ4v) is 8.65. The van der Waals surface area contributed by atoms with E-state index in [1.54, 1.807) is 6.26 Å². The van der Waals surface area contributed by atoms with E-state index in [-0.39, 0.29) is 24.1 Å². The number of nitrogens with one attached hydrogen (secondary N) is 2. The third kappa shape index (κ3) is 6.53. The lowest BCUT2D eigenvalue weighted by molar-refractivity contribution is -0.167. The molecule has 0 bridgehead atoms. The summed E-state index contributed by atoms with van der Waals surface area (Å²) >= 11 is 0. The first-order valence-electron chi connectivity index (χ1n) is 18.1. The number of amides is 3. The molecule has 3 aliphatic heterocycles. The van der Waals surface area contributed by atoms with Crippen molar-refractivity contribution in [2.75, 3.05) is 46.8 Å². The molecule has 2 N–H and O–H groups in total.